The van der Waals surface area contributed by atoms with Crippen LogP contribution in [0.1, 0.15) is 31.9 Å². The maximum absolute atomic E-state index is 15.5. The molecule has 4 aromatic rings. The van der Waals surface area contributed by atoms with Crippen LogP contribution in [-0.2, 0) is 4.74 Å². The van der Waals surface area contributed by atoms with Gasteiger partial charge in [0.15, 0.2) is 5.65 Å². The summed E-state index contributed by atoms with van der Waals surface area (Å²) in [6.45, 7) is 10.8. The second-order valence-electron chi connectivity index (χ2n) is 11.5. The predicted octanol–water partition coefficient (Wildman–Crippen LogP) is 4.99. The van der Waals surface area contributed by atoms with Gasteiger partial charge < -0.3 is 19.7 Å². The number of pyridine rings is 2. The molecule has 3 aliphatic rings. The number of anilines is 2. The summed E-state index contributed by atoms with van der Waals surface area (Å²) < 4.78 is 28.9. The molecule has 228 valence electrons. The molecule has 10 nitrogen and oxygen atoms in total. The van der Waals surface area contributed by atoms with E-state index in [1.165, 1.54) is 10.6 Å². The summed E-state index contributed by atoms with van der Waals surface area (Å²) in [6.07, 6.45) is 4.34. The molecule has 0 amide bonds. The number of halogens is 2. The van der Waals surface area contributed by atoms with Crippen molar-refractivity contribution in [2.24, 2.45) is 0 Å². The third kappa shape index (κ3) is 4.89. The lowest BCUT2D eigenvalue weighted by Gasteiger charge is -2.35. The maximum atomic E-state index is 15.5. The summed E-state index contributed by atoms with van der Waals surface area (Å²) in [5, 5.41) is 4.12. The Morgan fingerprint density at radius 3 is 2.93 bits per heavy atom. The molecule has 1 saturated heterocycles. The molecule has 2 fully saturated rings. The summed E-state index contributed by atoms with van der Waals surface area (Å²) in [5.74, 6) is 0.468. The smallest absolute Gasteiger partial charge is 0.356 e. The number of piperazine rings is 1. The molecule has 0 spiro atoms. The summed E-state index contributed by atoms with van der Waals surface area (Å²) in [4.78, 5) is 33.0. The maximum Gasteiger partial charge on any atom is 0.356 e. The second kappa shape index (κ2) is 11.5. The summed E-state index contributed by atoms with van der Waals surface area (Å²) in [5.41, 5.74) is 1.90. The highest BCUT2D eigenvalue weighted by Gasteiger charge is 2.50. The number of fused-ring (bicyclic) bond motifs is 6. The van der Waals surface area contributed by atoms with Gasteiger partial charge in [-0.3, -0.25) is 9.88 Å². The van der Waals surface area contributed by atoms with Crippen molar-refractivity contribution in [3.05, 3.63) is 76.2 Å². The highest BCUT2D eigenvalue weighted by atomic mass is 35.5. The van der Waals surface area contributed by atoms with Crippen LogP contribution in [-0.4, -0.2) is 76.1 Å². The molecule has 0 unspecified atom stereocenters. The molecule has 5 heterocycles. The van der Waals surface area contributed by atoms with Crippen molar-refractivity contribution in [1.82, 2.24) is 24.4 Å². The van der Waals surface area contributed by atoms with Gasteiger partial charge in [0.2, 0.25) is 0 Å². The van der Waals surface area contributed by atoms with E-state index in [0.717, 1.165) is 13.0 Å². The van der Waals surface area contributed by atoms with E-state index in [0.29, 0.717) is 66.1 Å². The van der Waals surface area contributed by atoms with Crippen LogP contribution in [0.25, 0.3) is 28.0 Å². The molecule has 2 bridgehead atoms. The largest absolute Gasteiger partial charge is 0.489 e. The molecule has 1 saturated carbocycles. The van der Waals surface area contributed by atoms with E-state index in [4.69, 9.17) is 26.1 Å². The molecule has 7 rings (SSSR count). The van der Waals surface area contributed by atoms with E-state index < -0.39 is 11.5 Å². The lowest BCUT2D eigenvalue weighted by atomic mass is 10.1. The Balaban J connectivity index is 1.47. The van der Waals surface area contributed by atoms with Crippen molar-refractivity contribution in [1.29, 1.82) is 0 Å². The Bertz CT molecular complexity index is 1830. The fraction of sp³-hybridized carbons (Fsp3) is 0.375. The van der Waals surface area contributed by atoms with Crippen molar-refractivity contribution < 1.29 is 13.9 Å². The second-order valence-corrected chi connectivity index (χ2v) is 12.0. The van der Waals surface area contributed by atoms with Gasteiger partial charge in [-0.1, -0.05) is 37.6 Å². The number of hydrogen-bond acceptors (Lipinski definition) is 9. The van der Waals surface area contributed by atoms with Gasteiger partial charge in [-0.2, -0.15) is 4.98 Å². The molecule has 1 aromatic carbocycles. The van der Waals surface area contributed by atoms with E-state index in [1.807, 2.05) is 13.8 Å². The summed E-state index contributed by atoms with van der Waals surface area (Å²) >= 11 is 6.94. The minimum absolute atomic E-state index is 0.0465. The standard InChI is InChI=1S/C32H33ClFN7O3/c1-4-13-43-17-39-11-12-40(24-16-23(24)39)30-19-15-20(33)28-26-21(34)6-5-7-22(26)35-10-14-44-25-8-9-36-27(18(2)3)29(25)41(31(19)37-28)32(42)38-30/h4-9,15,18,23-24,35H,1,10-14,16-17H2,2-3H3/t23-,24+/m0/s1. The number of rotatable bonds is 6. The van der Waals surface area contributed by atoms with Crippen molar-refractivity contribution in [3.63, 3.8) is 0 Å². The highest BCUT2D eigenvalue weighted by Crippen LogP contribution is 2.43. The van der Waals surface area contributed by atoms with Gasteiger partial charge in [0, 0.05) is 49.7 Å². The lowest BCUT2D eigenvalue weighted by molar-refractivity contribution is 0.0337. The highest BCUT2D eigenvalue weighted by molar-refractivity contribution is 6.34. The van der Waals surface area contributed by atoms with Gasteiger partial charge in [0.25, 0.3) is 0 Å². The first-order valence-electron chi connectivity index (χ1n) is 14.8. The average molecular weight is 618 g/mol. The van der Waals surface area contributed by atoms with Crippen LogP contribution in [0.3, 0.4) is 0 Å². The molecule has 3 aromatic heterocycles. The first-order valence-corrected chi connectivity index (χ1v) is 15.2. The number of nitrogens with zero attached hydrogens (tertiary/aromatic N) is 6. The van der Waals surface area contributed by atoms with Gasteiger partial charge in [-0.15, -0.1) is 6.58 Å². The van der Waals surface area contributed by atoms with Gasteiger partial charge >= 0.3 is 5.69 Å². The zero-order valence-electron chi connectivity index (χ0n) is 24.6. The number of benzene rings is 1. The molecular weight excluding hydrogens is 585 g/mol. The molecule has 44 heavy (non-hydrogen) atoms. The predicted molar refractivity (Wildman–Crippen MR) is 169 cm³/mol. The van der Waals surface area contributed by atoms with Crippen LogP contribution in [0.5, 0.6) is 5.75 Å². The van der Waals surface area contributed by atoms with Crippen molar-refractivity contribution in [3.8, 4) is 22.7 Å². The minimum atomic E-state index is -0.522. The van der Waals surface area contributed by atoms with E-state index in [-0.39, 0.29) is 40.9 Å². The fourth-order valence-corrected chi connectivity index (χ4v) is 6.56. The van der Waals surface area contributed by atoms with E-state index in [9.17, 15) is 4.79 Å². The SMILES string of the molecule is C=CCOCN1CCN(c2nc(=O)n3c4nc(c(Cl)cc24)-c2c(F)cccc2NCCOc2ccnc(C(C)C)c2-3)[C@@H]2C[C@@H]21. The van der Waals surface area contributed by atoms with Gasteiger partial charge in [-0.25, -0.2) is 18.7 Å². The fourth-order valence-electron chi connectivity index (χ4n) is 6.32. The number of nitrogens with one attached hydrogen (secondary N) is 1. The zero-order chi connectivity index (χ0) is 30.5. The van der Waals surface area contributed by atoms with Crippen LogP contribution >= 0.6 is 11.6 Å². The van der Waals surface area contributed by atoms with Gasteiger partial charge in [0.05, 0.1) is 40.7 Å². The molecule has 0 radical (unpaired) electrons. The quantitative estimate of drug-likeness (QED) is 0.237. The summed E-state index contributed by atoms with van der Waals surface area (Å²) in [7, 11) is 0. The topological polar surface area (TPSA) is 97.6 Å². The van der Waals surface area contributed by atoms with E-state index in [1.54, 1.807) is 36.5 Å². The Kier molecular flexibility index (Phi) is 7.47. The summed E-state index contributed by atoms with van der Waals surface area (Å²) in [6, 6.07) is 8.72. The molecule has 1 N–H and O–H groups in total. The Morgan fingerprint density at radius 1 is 1.25 bits per heavy atom. The normalized spacial score (nSPS) is 19.3. The van der Waals surface area contributed by atoms with Crippen LogP contribution in [0.15, 0.2) is 54.0 Å². The van der Waals surface area contributed by atoms with E-state index >= 15 is 4.39 Å². The zero-order valence-corrected chi connectivity index (χ0v) is 25.4. The third-order valence-corrected chi connectivity index (χ3v) is 8.69. The van der Waals surface area contributed by atoms with Gasteiger partial charge in [0.1, 0.15) is 29.7 Å². The molecule has 2 atom stereocenters. The Morgan fingerprint density at radius 2 is 2.11 bits per heavy atom. The Labute approximate surface area is 259 Å². The molecular formula is C32H33ClFN7O3. The number of aromatic nitrogens is 4. The van der Waals surface area contributed by atoms with Crippen LogP contribution in [0.4, 0.5) is 15.9 Å². The van der Waals surface area contributed by atoms with Crippen molar-refractivity contribution >= 4 is 34.1 Å². The minimum Gasteiger partial charge on any atom is -0.489 e. The van der Waals surface area contributed by atoms with Crippen molar-refractivity contribution in [2.75, 3.05) is 49.8 Å². The van der Waals surface area contributed by atoms with Crippen molar-refractivity contribution in [2.45, 2.75) is 38.3 Å². The molecule has 2 aliphatic heterocycles. The van der Waals surface area contributed by atoms with Gasteiger partial charge in [-0.05, 0) is 30.5 Å². The molecule has 12 heteroatoms. The molecule has 1 aliphatic carbocycles. The first kappa shape index (κ1) is 28.7. The first-order chi connectivity index (χ1) is 21.4. The van der Waals surface area contributed by atoms with E-state index in [2.05, 4.69) is 31.7 Å². The number of hydrogen-bond donors (Lipinski definition) is 1. The number of ether oxygens (including phenoxy) is 2. The van der Waals surface area contributed by atoms with Crippen LogP contribution in [0.2, 0.25) is 5.02 Å². The third-order valence-electron chi connectivity index (χ3n) is 8.40. The van der Waals surface area contributed by atoms with Crippen LogP contribution < -0.4 is 20.6 Å². The lowest BCUT2D eigenvalue weighted by Crippen LogP contribution is -2.48. The average Bonchev–Trinajstić information content (AvgIpc) is 3.81. The van der Waals surface area contributed by atoms with Crippen LogP contribution in [0, 0.1) is 5.82 Å². The monoisotopic (exact) mass is 617 g/mol. The Hall–Kier alpha value is -4.06.